The normalized spacial score (nSPS) is 14.7. The molecule has 10 heteroatoms. The molecule has 0 unspecified atom stereocenters. The molecule has 0 aromatic carbocycles. The van der Waals surface area contributed by atoms with Crippen LogP contribution in [0.4, 0.5) is 0 Å². The second-order valence-corrected chi connectivity index (χ2v) is 7.44. The largest absolute Gasteiger partial charge is 0.382 e. The number of aryl methyl sites for hydroxylation is 1. The molecule has 2 N–H and O–H groups in total. The van der Waals surface area contributed by atoms with E-state index in [1.165, 1.54) is 25.7 Å². The Bertz CT molecular complexity index is 782. The van der Waals surface area contributed by atoms with Gasteiger partial charge in [0.05, 0.1) is 24.8 Å². The van der Waals surface area contributed by atoms with E-state index in [0.717, 1.165) is 49.5 Å². The van der Waals surface area contributed by atoms with Gasteiger partial charge in [-0.1, -0.05) is 12.8 Å². The Morgan fingerprint density at radius 1 is 1.27 bits per heavy atom. The van der Waals surface area contributed by atoms with Crippen molar-refractivity contribution in [3.63, 3.8) is 0 Å². The van der Waals surface area contributed by atoms with Crippen molar-refractivity contribution in [2.24, 2.45) is 12.0 Å². The molecule has 0 spiro atoms. The van der Waals surface area contributed by atoms with Crippen LogP contribution in [0.5, 0.6) is 0 Å². The maximum Gasteiger partial charge on any atom is 0.192 e. The zero-order chi connectivity index (χ0) is 20.5. The van der Waals surface area contributed by atoms with Crippen LogP contribution < -0.4 is 10.6 Å². The molecule has 168 valence electrons. The average molecular weight is 530 g/mol. The van der Waals surface area contributed by atoms with Gasteiger partial charge in [0.25, 0.3) is 0 Å². The first-order chi connectivity index (χ1) is 14.2. The van der Waals surface area contributed by atoms with E-state index in [9.17, 15) is 0 Å². The highest BCUT2D eigenvalue weighted by atomic mass is 127. The summed E-state index contributed by atoms with van der Waals surface area (Å²) in [6, 6.07) is 2.63. The summed E-state index contributed by atoms with van der Waals surface area (Å²) in [4.78, 5) is 4.72. The topological polar surface area (TPSA) is 94.2 Å². The molecule has 0 atom stereocenters. The van der Waals surface area contributed by atoms with Crippen molar-refractivity contribution in [1.29, 1.82) is 0 Å². The van der Waals surface area contributed by atoms with Crippen LogP contribution in [0.25, 0.3) is 0 Å². The summed E-state index contributed by atoms with van der Waals surface area (Å²) in [7, 11) is 1.97. The number of hydrogen-bond acceptors (Lipinski definition) is 5. The minimum Gasteiger partial charge on any atom is -0.382 e. The molecule has 9 nitrogen and oxygen atoms in total. The number of hydrogen-bond donors (Lipinski definition) is 2. The van der Waals surface area contributed by atoms with E-state index in [1.807, 2.05) is 25.5 Å². The molecule has 2 heterocycles. The smallest absolute Gasteiger partial charge is 0.192 e. The fourth-order valence-corrected chi connectivity index (χ4v) is 3.46. The third kappa shape index (κ3) is 7.22. The van der Waals surface area contributed by atoms with Crippen molar-refractivity contribution < 1.29 is 4.74 Å². The van der Waals surface area contributed by atoms with E-state index < -0.39 is 0 Å². The van der Waals surface area contributed by atoms with Crippen LogP contribution >= 0.6 is 24.0 Å². The molecule has 30 heavy (non-hydrogen) atoms. The molecule has 1 aliphatic carbocycles. The van der Waals surface area contributed by atoms with Gasteiger partial charge in [0.15, 0.2) is 11.8 Å². The van der Waals surface area contributed by atoms with Gasteiger partial charge in [-0.2, -0.15) is 5.10 Å². The Labute approximate surface area is 196 Å². The minimum absolute atomic E-state index is 0. The fraction of sp³-hybridized carbons (Fsp3) is 0.700. The highest BCUT2D eigenvalue weighted by Crippen LogP contribution is 2.28. The first-order valence-electron chi connectivity index (χ1n) is 10.7. The fourth-order valence-electron chi connectivity index (χ4n) is 3.46. The molecule has 1 fully saturated rings. The number of halogens is 1. The predicted molar refractivity (Wildman–Crippen MR) is 128 cm³/mol. The van der Waals surface area contributed by atoms with E-state index in [2.05, 4.69) is 37.8 Å². The van der Waals surface area contributed by atoms with E-state index in [0.29, 0.717) is 19.1 Å². The van der Waals surface area contributed by atoms with Gasteiger partial charge in [0.2, 0.25) is 0 Å². The summed E-state index contributed by atoms with van der Waals surface area (Å²) in [5, 5.41) is 19.8. The van der Waals surface area contributed by atoms with Crippen molar-refractivity contribution >= 4 is 29.9 Å². The third-order valence-electron chi connectivity index (χ3n) is 5.32. The van der Waals surface area contributed by atoms with Gasteiger partial charge in [0.1, 0.15) is 5.82 Å². The Kier molecular flexibility index (Phi) is 10.6. The van der Waals surface area contributed by atoms with Crippen molar-refractivity contribution in [2.75, 3.05) is 19.8 Å². The summed E-state index contributed by atoms with van der Waals surface area (Å²) in [6.45, 7) is 7.33. The molecule has 3 rings (SSSR count). The molecule has 2 aromatic heterocycles. The van der Waals surface area contributed by atoms with E-state index >= 15 is 0 Å². The molecular weight excluding hydrogens is 495 g/mol. The molecule has 1 aliphatic rings. The van der Waals surface area contributed by atoms with Crippen molar-refractivity contribution in [3.8, 4) is 0 Å². The van der Waals surface area contributed by atoms with Gasteiger partial charge < -0.3 is 19.9 Å². The Balaban J connectivity index is 0.00000320. The molecule has 0 bridgehead atoms. The number of ether oxygens (including phenoxy) is 1. The van der Waals surface area contributed by atoms with Crippen LogP contribution in [0.2, 0.25) is 0 Å². The van der Waals surface area contributed by atoms with Crippen LogP contribution in [0.1, 0.15) is 62.4 Å². The summed E-state index contributed by atoms with van der Waals surface area (Å²) in [5.74, 6) is 2.51. The van der Waals surface area contributed by atoms with Crippen LogP contribution in [0.3, 0.4) is 0 Å². The van der Waals surface area contributed by atoms with Crippen molar-refractivity contribution in [1.82, 2.24) is 35.2 Å². The lowest BCUT2D eigenvalue weighted by Crippen LogP contribution is -2.38. The zero-order valence-electron chi connectivity index (χ0n) is 18.3. The van der Waals surface area contributed by atoms with Crippen LogP contribution in [0, 0.1) is 6.92 Å². The number of nitrogens with zero attached hydrogens (tertiary/aromatic N) is 6. The van der Waals surface area contributed by atoms with E-state index in [4.69, 9.17) is 14.8 Å². The van der Waals surface area contributed by atoms with Gasteiger partial charge in [-0.05, 0) is 39.2 Å². The molecular formula is C20H35IN8O. The Hall–Kier alpha value is -1.69. The quantitative estimate of drug-likeness (QED) is 0.212. The second kappa shape index (κ2) is 12.9. The van der Waals surface area contributed by atoms with Gasteiger partial charge in [-0.25, -0.2) is 4.99 Å². The lowest BCUT2D eigenvalue weighted by molar-refractivity contribution is 0.145. The van der Waals surface area contributed by atoms with Gasteiger partial charge in [-0.3, -0.25) is 4.68 Å². The molecule has 0 aliphatic heterocycles. The van der Waals surface area contributed by atoms with Gasteiger partial charge >= 0.3 is 0 Å². The zero-order valence-corrected chi connectivity index (χ0v) is 20.6. The summed E-state index contributed by atoms with van der Waals surface area (Å²) >= 11 is 0. The monoisotopic (exact) mass is 530 g/mol. The number of rotatable bonds is 10. The first kappa shape index (κ1) is 24.6. The Morgan fingerprint density at radius 2 is 2.07 bits per heavy atom. The van der Waals surface area contributed by atoms with Crippen molar-refractivity contribution in [2.45, 2.75) is 65.1 Å². The van der Waals surface area contributed by atoms with Crippen LogP contribution in [-0.4, -0.2) is 50.3 Å². The first-order valence-corrected chi connectivity index (χ1v) is 10.7. The number of nitrogens with one attached hydrogen (secondary N) is 2. The molecule has 1 saturated carbocycles. The van der Waals surface area contributed by atoms with Gasteiger partial charge in [0, 0.05) is 33.0 Å². The summed E-state index contributed by atoms with van der Waals surface area (Å²) < 4.78 is 9.50. The second-order valence-electron chi connectivity index (χ2n) is 7.44. The van der Waals surface area contributed by atoms with Crippen LogP contribution in [-0.2, 0) is 24.9 Å². The highest BCUT2D eigenvalue weighted by Gasteiger charge is 2.17. The average Bonchev–Trinajstić information content (AvgIpc) is 3.47. The summed E-state index contributed by atoms with van der Waals surface area (Å²) in [5.41, 5.74) is 0.988. The van der Waals surface area contributed by atoms with E-state index in [-0.39, 0.29) is 24.0 Å². The van der Waals surface area contributed by atoms with Crippen molar-refractivity contribution in [3.05, 3.63) is 29.6 Å². The SMILES string of the molecule is CCOCCCNC(=NCc1ccn(C2CCCC2)n1)NCc1nnc(C)n1C.I. The number of aliphatic imine (C=N–C) groups is 1. The predicted octanol–water partition coefficient (Wildman–Crippen LogP) is 2.72. The lowest BCUT2D eigenvalue weighted by atomic mass is 10.3. The molecule has 2 aromatic rings. The Morgan fingerprint density at radius 3 is 2.77 bits per heavy atom. The van der Waals surface area contributed by atoms with Crippen LogP contribution in [0.15, 0.2) is 17.3 Å². The molecule has 0 radical (unpaired) electrons. The lowest BCUT2D eigenvalue weighted by Gasteiger charge is -2.12. The van der Waals surface area contributed by atoms with Gasteiger partial charge in [-0.15, -0.1) is 34.2 Å². The minimum atomic E-state index is 0. The van der Waals surface area contributed by atoms with E-state index in [1.54, 1.807) is 0 Å². The standard InChI is InChI=1S/C20H34N8O.HI/c1-4-29-13-7-11-21-20(23-15-19-25-24-16(2)27(19)3)22-14-17-10-12-28(26-17)18-8-5-6-9-18;/h10,12,18H,4-9,11,13-15H2,1-3H3,(H2,21,22,23);1H. The summed E-state index contributed by atoms with van der Waals surface area (Å²) in [6.07, 6.45) is 8.09. The maximum absolute atomic E-state index is 5.41. The number of guanidine groups is 1. The molecule has 0 saturated heterocycles. The molecule has 0 amide bonds. The maximum atomic E-state index is 5.41. The highest BCUT2D eigenvalue weighted by molar-refractivity contribution is 14.0. The number of aromatic nitrogens is 5. The third-order valence-corrected chi connectivity index (χ3v) is 5.32.